The number of nitrogens with two attached hydrogens (primary N) is 1. The molecule has 0 radical (unpaired) electrons. The summed E-state index contributed by atoms with van der Waals surface area (Å²) in [5.41, 5.74) is 9.22. The normalized spacial score (nSPS) is 13.2. The lowest BCUT2D eigenvalue weighted by Gasteiger charge is -2.05. The molecule has 1 heterocycles. The van der Waals surface area contributed by atoms with Crippen molar-refractivity contribution in [2.24, 2.45) is 5.73 Å². The molecule has 0 amide bonds. The van der Waals surface area contributed by atoms with Gasteiger partial charge in [0.15, 0.2) is 0 Å². The molecule has 86 valence electrons. The summed E-state index contributed by atoms with van der Waals surface area (Å²) in [6, 6.07) is 6.04. The van der Waals surface area contributed by atoms with E-state index in [9.17, 15) is 0 Å². The maximum absolute atomic E-state index is 5.92. The Labute approximate surface area is 94.8 Å². The van der Waals surface area contributed by atoms with Crippen LogP contribution in [0.1, 0.15) is 24.4 Å². The Hall–Kier alpha value is -1.39. The maximum atomic E-state index is 5.92. The van der Waals surface area contributed by atoms with Crippen LogP contribution in [0.4, 0.5) is 0 Å². The number of nitrogens with one attached hydrogen (secondary N) is 1. The molecule has 0 fully saturated rings. The molecule has 1 aromatic carbocycles. The van der Waals surface area contributed by atoms with Gasteiger partial charge in [-0.15, -0.1) is 0 Å². The molecule has 2 rings (SSSR count). The van der Waals surface area contributed by atoms with E-state index in [-0.39, 0.29) is 6.04 Å². The predicted octanol–water partition coefficient (Wildman–Crippen LogP) is 1.77. The highest BCUT2D eigenvalue weighted by Gasteiger charge is 2.10. The highest BCUT2D eigenvalue weighted by atomic mass is 16.5. The van der Waals surface area contributed by atoms with Crippen LogP contribution in [0.3, 0.4) is 0 Å². The molecule has 4 heteroatoms. The van der Waals surface area contributed by atoms with Crippen LogP contribution >= 0.6 is 0 Å². The first kappa shape index (κ1) is 11.1. The Morgan fingerprint density at radius 2 is 2.31 bits per heavy atom. The van der Waals surface area contributed by atoms with Gasteiger partial charge in [0.05, 0.1) is 23.7 Å². The summed E-state index contributed by atoms with van der Waals surface area (Å²) in [5.74, 6) is 0.783. The van der Waals surface area contributed by atoms with Crippen LogP contribution in [0.2, 0.25) is 0 Å². The monoisotopic (exact) mass is 219 g/mol. The van der Waals surface area contributed by atoms with Crippen molar-refractivity contribution in [3.05, 3.63) is 29.6 Å². The second-order valence-electron chi connectivity index (χ2n) is 3.89. The average Bonchev–Trinajstić information content (AvgIpc) is 2.71. The van der Waals surface area contributed by atoms with E-state index in [4.69, 9.17) is 10.5 Å². The number of methoxy groups -OCH3 is 1. The lowest BCUT2D eigenvalue weighted by molar-refractivity contribution is 0.178. The minimum atomic E-state index is -0.192. The van der Waals surface area contributed by atoms with Crippen molar-refractivity contribution >= 4 is 11.0 Å². The fourth-order valence-electron chi connectivity index (χ4n) is 1.73. The second-order valence-corrected chi connectivity index (χ2v) is 3.89. The smallest absolute Gasteiger partial charge is 0.126 e. The fraction of sp³-hybridized carbons (Fsp3) is 0.417. The number of hydrogen-bond donors (Lipinski definition) is 2. The van der Waals surface area contributed by atoms with Gasteiger partial charge >= 0.3 is 0 Å². The molecular formula is C12H17N3O. The maximum Gasteiger partial charge on any atom is 0.126 e. The zero-order chi connectivity index (χ0) is 11.5. The first-order valence-corrected chi connectivity index (χ1v) is 5.47. The van der Waals surface area contributed by atoms with Gasteiger partial charge in [0.1, 0.15) is 5.82 Å². The van der Waals surface area contributed by atoms with E-state index < -0.39 is 0 Å². The van der Waals surface area contributed by atoms with E-state index in [1.54, 1.807) is 7.11 Å². The molecule has 1 unspecified atom stereocenters. The molecule has 2 aromatic rings. The summed E-state index contributed by atoms with van der Waals surface area (Å²) in [6.45, 7) is 2.61. The molecule has 4 nitrogen and oxygen atoms in total. The number of aromatic nitrogens is 2. The summed E-state index contributed by atoms with van der Waals surface area (Å²) in [4.78, 5) is 7.68. The zero-order valence-corrected chi connectivity index (χ0v) is 9.66. The average molecular weight is 219 g/mol. The van der Waals surface area contributed by atoms with Gasteiger partial charge in [-0.05, 0) is 24.1 Å². The molecule has 0 saturated carbocycles. The molecule has 1 atom stereocenters. The molecule has 1 aromatic heterocycles. The minimum absolute atomic E-state index is 0.192. The first-order chi connectivity index (χ1) is 7.74. The summed E-state index contributed by atoms with van der Waals surface area (Å²) in [7, 11) is 1.64. The predicted molar refractivity (Wildman–Crippen MR) is 64.3 cm³/mol. The van der Waals surface area contributed by atoms with Crippen LogP contribution in [0.25, 0.3) is 11.0 Å². The van der Waals surface area contributed by atoms with Crippen molar-refractivity contribution in [1.29, 1.82) is 0 Å². The quantitative estimate of drug-likeness (QED) is 0.823. The summed E-state index contributed by atoms with van der Waals surface area (Å²) in [6.07, 6.45) is 1.02. The topological polar surface area (TPSA) is 63.9 Å². The van der Waals surface area contributed by atoms with Crippen molar-refractivity contribution in [2.75, 3.05) is 13.7 Å². The SMILES string of the molecule is CCc1ccc2nc(C(N)COC)[nH]c2c1. The molecular weight excluding hydrogens is 202 g/mol. The largest absolute Gasteiger partial charge is 0.383 e. The third-order valence-electron chi connectivity index (χ3n) is 2.67. The lowest BCUT2D eigenvalue weighted by atomic mass is 10.1. The van der Waals surface area contributed by atoms with Crippen molar-refractivity contribution in [3.8, 4) is 0 Å². The minimum Gasteiger partial charge on any atom is -0.383 e. The van der Waals surface area contributed by atoms with E-state index in [1.807, 2.05) is 6.07 Å². The van der Waals surface area contributed by atoms with Gasteiger partial charge in [0, 0.05) is 7.11 Å². The molecule has 0 bridgehead atoms. The third-order valence-corrected chi connectivity index (χ3v) is 2.67. The van der Waals surface area contributed by atoms with E-state index in [1.165, 1.54) is 5.56 Å². The highest BCUT2D eigenvalue weighted by molar-refractivity contribution is 5.76. The zero-order valence-electron chi connectivity index (χ0n) is 9.66. The van der Waals surface area contributed by atoms with Gasteiger partial charge in [-0.3, -0.25) is 0 Å². The van der Waals surface area contributed by atoms with Crippen LogP contribution in [-0.2, 0) is 11.2 Å². The molecule has 0 aliphatic rings. The first-order valence-electron chi connectivity index (χ1n) is 5.47. The van der Waals surface area contributed by atoms with Crippen molar-refractivity contribution in [2.45, 2.75) is 19.4 Å². The summed E-state index contributed by atoms with van der Waals surface area (Å²) in [5, 5.41) is 0. The van der Waals surface area contributed by atoms with Gasteiger partial charge in [0.2, 0.25) is 0 Å². The van der Waals surface area contributed by atoms with Crippen LogP contribution in [0, 0.1) is 0 Å². The Kier molecular flexibility index (Phi) is 3.22. The third kappa shape index (κ3) is 2.08. The van der Waals surface area contributed by atoms with Gasteiger partial charge < -0.3 is 15.5 Å². The summed E-state index contributed by atoms with van der Waals surface area (Å²) >= 11 is 0. The number of fused-ring (bicyclic) bond motifs is 1. The van der Waals surface area contributed by atoms with Gasteiger partial charge in [-0.1, -0.05) is 13.0 Å². The lowest BCUT2D eigenvalue weighted by Crippen LogP contribution is -2.17. The Morgan fingerprint density at radius 3 is 3.00 bits per heavy atom. The Balaban J connectivity index is 2.35. The van der Waals surface area contributed by atoms with Crippen LogP contribution in [0.15, 0.2) is 18.2 Å². The highest BCUT2D eigenvalue weighted by Crippen LogP contribution is 2.17. The molecule has 0 aliphatic carbocycles. The number of imidazole rings is 1. The Bertz CT molecular complexity index is 478. The number of rotatable bonds is 4. The molecule has 0 aliphatic heterocycles. The second kappa shape index (κ2) is 4.63. The van der Waals surface area contributed by atoms with Crippen molar-refractivity contribution < 1.29 is 4.74 Å². The summed E-state index contributed by atoms with van der Waals surface area (Å²) < 4.78 is 5.01. The van der Waals surface area contributed by atoms with E-state index in [2.05, 4.69) is 29.0 Å². The molecule has 16 heavy (non-hydrogen) atoms. The Morgan fingerprint density at radius 1 is 1.50 bits per heavy atom. The van der Waals surface area contributed by atoms with Crippen molar-refractivity contribution in [1.82, 2.24) is 9.97 Å². The number of nitrogens with zero attached hydrogens (tertiary/aromatic N) is 1. The van der Waals surface area contributed by atoms with Crippen molar-refractivity contribution in [3.63, 3.8) is 0 Å². The standard InChI is InChI=1S/C12H17N3O/c1-3-8-4-5-10-11(6-8)15-12(14-10)9(13)7-16-2/h4-6,9H,3,7,13H2,1-2H3,(H,14,15). The van der Waals surface area contributed by atoms with Crippen LogP contribution in [0.5, 0.6) is 0 Å². The fourth-order valence-corrected chi connectivity index (χ4v) is 1.73. The number of H-pyrrole nitrogens is 1. The molecule has 3 N–H and O–H groups in total. The van der Waals surface area contributed by atoms with Gasteiger partial charge in [0.25, 0.3) is 0 Å². The number of benzene rings is 1. The van der Waals surface area contributed by atoms with Gasteiger partial charge in [-0.2, -0.15) is 0 Å². The number of aryl methyl sites for hydroxylation is 1. The van der Waals surface area contributed by atoms with E-state index in [0.717, 1.165) is 23.3 Å². The van der Waals surface area contributed by atoms with Crippen LogP contribution in [-0.4, -0.2) is 23.7 Å². The van der Waals surface area contributed by atoms with Crippen LogP contribution < -0.4 is 5.73 Å². The van der Waals surface area contributed by atoms with E-state index in [0.29, 0.717) is 6.61 Å². The molecule has 0 saturated heterocycles. The van der Waals surface area contributed by atoms with Gasteiger partial charge in [-0.25, -0.2) is 4.98 Å². The van der Waals surface area contributed by atoms with E-state index >= 15 is 0 Å². The number of hydrogen-bond acceptors (Lipinski definition) is 3. The number of ether oxygens (including phenoxy) is 1. The number of aromatic amines is 1. The molecule has 0 spiro atoms.